The molecule has 0 aliphatic rings. The van der Waals surface area contributed by atoms with Gasteiger partial charge in [-0.05, 0) is 60.0 Å². The summed E-state index contributed by atoms with van der Waals surface area (Å²) in [5.74, 6) is -0.540. The molecule has 0 radical (unpaired) electrons. The molecule has 1 unspecified atom stereocenters. The predicted molar refractivity (Wildman–Crippen MR) is 133 cm³/mol. The van der Waals surface area contributed by atoms with E-state index >= 15 is 0 Å². The molecule has 34 heavy (non-hydrogen) atoms. The van der Waals surface area contributed by atoms with Gasteiger partial charge in [0.1, 0.15) is 6.04 Å². The molecule has 0 fully saturated rings. The Morgan fingerprint density at radius 1 is 0.882 bits per heavy atom. The molecule has 3 aromatic carbocycles. The number of hydrogen-bond donors (Lipinski definition) is 2. The predicted octanol–water partition coefficient (Wildman–Crippen LogP) is 4.23. The van der Waals surface area contributed by atoms with E-state index in [0.717, 1.165) is 16.8 Å². The third-order valence-corrected chi connectivity index (χ3v) is 5.68. The fourth-order valence-electron chi connectivity index (χ4n) is 3.59. The van der Waals surface area contributed by atoms with Gasteiger partial charge in [0.15, 0.2) is 0 Å². The van der Waals surface area contributed by atoms with Gasteiger partial charge in [-0.25, -0.2) is 4.68 Å². The largest absolute Gasteiger partial charge is 0.354 e. The zero-order valence-electron chi connectivity index (χ0n) is 18.5. The molecule has 6 nitrogen and oxygen atoms in total. The van der Waals surface area contributed by atoms with E-state index in [1.807, 2.05) is 66.9 Å². The van der Waals surface area contributed by atoms with Crippen molar-refractivity contribution in [2.24, 2.45) is 0 Å². The molecule has 1 atom stereocenters. The van der Waals surface area contributed by atoms with Crippen molar-refractivity contribution in [3.05, 3.63) is 119 Å². The van der Waals surface area contributed by atoms with Crippen LogP contribution in [0.5, 0.6) is 0 Å². The van der Waals surface area contributed by atoms with Gasteiger partial charge >= 0.3 is 0 Å². The second-order valence-electron chi connectivity index (χ2n) is 7.88. The molecule has 0 aliphatic heterocycles. The molecule has 0 saturated carbocycles. The van der Waals surface area contributed by atoms with Crippen molar-refractivity contribution >= 4 is 23.4 Å². The molecule has 4 aromatic rings. The minimum Gasteiger partial charge on any atom is -0.354 e. The van der Waals surface area contributed by atoms with Crippen molar-refractivity contribution < 1.29 is 9.59 Å². The van der Waals surface area contributed by atoms with Crippen LogP contribution in [-0.4, -0.2) is 34.2 Å². The minimum atomic E-state index is -0.701. The van der Waals surface area contributed by atoms with Crippen molar-refractivity contribution in [1.82, 2.24) is 20.4 Å². The van der Waals surface area contributed by atoms with E-state index in [0.29, 0.717) is 30.0 Å². The van der Waals surface area contributed by atoms with Crippen LogP contribution < -0.4 is 10.6 Å². The molecule has 1 heterocycles. The third-order valence-electron chi connectivity index (χ3n) is 5.43. The van der Waals surface area contributed by atoms with E-state index < -0.39 is 6.04 Å². The van der Waals surface area contributed by atoms with Gasteiger partial charge in [0.2, 0.25) is 5.91 Å². The van der Waals surface area contributed by atoms with Crippen molar-refractivity contribution in [3.8, 4) is 5.69 Å². The first-order chi connectivity index (χ1) is 16.6. The number of rotatable bonds is 9. The fraction of sp³-hybridized carbons (Fsp3) is 0.148. The van der Waals surface area contributed by atoms with E-state index in [1.165, 1.54) is 0 Å². The summed E-state index contributed by atoms with van der Waals surface area (Å²) in [5, 5.41) is 10.6. The van der Waals surface area contributed by atoms with Crippen molar-refractivity contribution in [1.29, 1.82) is 0 Å². The molecule has 0 aliphatic carbocycles. The highest BCUT2D eigenvalue weighted by molar-refractivity contribution is 6.30. The Kier molecular flexibility index (Phi) is 7.73. The fourth-order valence-corrected chi connectivity index (χ4v) is 3.72. The highest BCUT2D eigenvalue weighted by Crippen LogP contribution is 2.11. The number of halogens is 1. The molecule has 7 heteroatoms. The van der Waals surface area contributed by atoms with Crippen LogP contribution in [0, 0.1) is 0 Å². The van der Waals surface area contributed by atoms with Crippen LogP contribution in [-0.2, 0) is 17.6 Å². The number of benzene rings is 3. The van der Waals surface area contributed by atoms with Gasteiger partial charge in [-0.15, -0.1) is 0 Å². The maximum absolute atomic E-state index is 13.0. The zero-order valence-corrected chi connectivity index (χ0v) is 19.3. The summed E-state index contributed by atoms with van der Waals surface area (Å²) in [6.07, 6.45) is 4.69. The maximum atomic E-state index is 13.0. The summed E-state index contributed by atoms with van der Waals surface area (Å²) in [6.45, 7) is 0.460. The Labute approximate surface area is 203 Å². The van der Waals surface area contributed by atoms with Crippen LogP contribution in [0.25, 0.3) is 5.69 Å². The van der Waals surface area contributed by atoms with Crippen LogP contribution in [0.1, 0.15) is 21.5 Å². The first-order valence-electron chi connectivity index (χ1n) is 11.1. The second-order valence-corrected chi connectivity index (χ2v) is 8.32. The quantitative estimate of drug-likeness (QED) is 0.383. The molecule has 172 valence electrons. The highest BCUT2D eigenvalue weighted by atomic mass is 35.5. The third kappa shape index (κ3) is 6.33. The summed E-state index contributed by atoms with van der Waals surface area (Å²) in [7, 11) is 0. The second kappa shape index (κ2) is 11.3. The number of carbonyl (C=O) groups excluding carboxylic acids is 2. The Balaban J connectivity index is 1.37. The lowest BCUT2D eigenvalue weighted by atomic mass is 10.0. The standard InChI is InChI=1S/C27H25ClN4O2/c28-23-11-9-22(10-12-23)26(33)31-25(19-21-5-2-1-3-6-21)27(34)29-17-15-20-7-13-24(14-8-20)32-18-4-16-30-32/h1-14,16,18,25H,15,17,19H2,(H,29,34)(H,31,33). The number of aromatic nitrogens is 2. The van der Waals surface area contributed by atoms with E-state index in [-0.39, 0.29) is 11.8 Å². The SMILES string of the molecule is O=C(NC(Cc1ccccc1)C(=O)NCCc1ccc(-n2cccn2)cc1)c1ccc(Cl)cc1. The smallest absolute Gasteiger partial charge is 0.251 e. The van der Waals surface area contributed by atoms with E-state index in [1.54, 1.807) is 35.1 Å². The van der Waals surface area contributed by atoms with E-state index in [9.17, 15) is 9.59 Å². The van der Waals surface area contributed by atoms with Crippen LogP contribution >= 0.6 is 11.6 Å². The number of nitrogens with zero attached hydrogens (tertiary/aromatic N) is 2. The first-order valence-corrected chi connectivity index (χ1v) is 11.4. The topological polar surface area (TPSA) is 76.0 Å². The average Bonchev–Trinajstić information content (AvgIpc) is 3.40. The molecule has 1 aromatic heterocycles. The minimum absolute atomic E-state index is 0.223. The molecular formula is C27H25ClN4O2. The van der Waals surface area contributed by atoms with Gasteiger partial charge in [0.05, 0.1) is 5.69 Å². The average molecular weight is 473 g/mol. The van der Waals surface area contributed by atoms with Gasteiger partial charge < -0.3 is 10.6 Å². The molecule has 2 amide bonds. The Morgan fingerprint density at radius 3 is 2.29 bits per heavy atom. The lowest BCUT2D eigenvalue weighted by Crippen LogP contribution is -2.48. The molecule has 0 bridgehead atoms. The Morgan fingerprint density at radius 2 is 1.62 bits per heavy atom. The maximum Gasteiger partial charge on any atom is 0.251 e. The normalized spacial score (nSPS) is 11.6. The van der Waals surface area contributed by atoms with E-state index in [2.05, 4.69) is 15.7 Å². The summed E-state index contributed by atoms with van der Waals surface area (Å²) in [4.78, 5) is 25.8. The van der Waals surface area contributed by atoms with Gasteiger partial charge in [0.25, 0.3) is 5.91 Å². The number of nitrogens with one attached hydrogen (secondary N) is 2. The van der Waals surface area contributed by atoms with Crippen molar-refractivity contribution in [3.63, 3.8) is 0 Å². The monoisotopic (exact) mass is 472 g/mol. The lowest BCUT2D eigenvalue weighted by molar-refractivity contribution is -0.122. The van der Waals surface area contributed by atoms with E-state index in [4.69, 9.17) is 11.6 Å². The summed E-state index contributed by atoms with van der Waals surface area (Å²) in [6, 6.07) is 25.4. The van der Waals surface area contributed by atoms with Gasteiger partial charge in [-0.1, -0.05) is 54.1 Å². The number of carbonyl (C=O) groups is 2. The van der Waals surface area contributed by atoms with Crippen LogP contribution in [0.15, 0.2) is 97.3 Å². The Bertz CT molecular complexity index is 1210. The highest BCUT2D eigenvalue weighted by Gasteiger charge is 2.21. The van der Waals surface area contributed by atoms with Crippen LogP contribution in [0.2, 0.25) is 5.02 Å². The molecular weight excluding hydrogens is 448 g/mol. The van der Waals surface area contributed by atoms with Crippen molar-refractivity contribution in [2.45, 2.75) is 18.9 Å². The molecule has 2 N–H and O–H groups in total. The summed E-state index contributed by atoms with van der Waals surface area (Å²) < 4.78 is 1.79. The van der Waals surface area contributed by atoms with Crippen molar-refractivity contribution in [2.75, 3.05) is 6.54 Å². The molecule has 0 spiro atoms. The summed E-state index contributed by atoms with van der Waals surface area (Å²) >= 11 is 5.92. The lowest BCUT2D eigenvalue weighted by Gasteiger charge is -2.19. The molecule has 0 saturated heterocycles. The Hall–Kier alpha value is -3.90. The van der Waals surface area contributed by atoms with Crippen LogP contribution in [0.3, 0.4) is 0 Å². The zero-order chi connectivity index (χ0) is 23.8. The first kappa shape index (κ1) is 23.3. The molecule has 4 rings (SSSR count). The van der Waals surface area contributed by atoms with Gasteiger partial charge in [-0.3, -0.25) is 9.59 Å². The summed E-state index contributed by atoms with van der Waals surface area (Å²) in [5.41, 5.74) is 3.49. The number of hydrogen-bond acceptors (Lipinski definition) is 3. The number of amides is 2. The van der Waals surface area contributed by atoms with Crippen LogP contribution in [0.4, 0.5) is 0 Å². The van der Waals surface area contributed by atoms with Gasteiger partial charge in [-0.2, -0.15) is 5.10 Å². The van der Waals surface area contributed by atoms with Gasteiger partial charge in [0, 0.05) is 35.9 Å².